The van der Waals surface area contributed by atoms with E-state index in [0.717, 1.165) is 0 Å². The standard InChI is InChI=1S/C5H12INO/c1-4(2)7(6)5(3)8/h4-5,8H,1-3H3/t5-/m1/s1. The van der Waals surface area contributed by atoms with Crippen LogP contribution in [0, 0.1) is 0 Å². The maximum atomic E-state index is 8.91. The van der Waals surface area contributed by atoms with Crippen LogP contribution < -0.4 is 0 Å². The fourth-order valence-electron chi connectivity index (χ4n) is 0.431. The lowest BCUT2D eigenvalue weighted by atomic mass is 10.4. The van der Waals surface area contributed by atoms with Gasteiger partial charge in [-0.25, -0.2) is 3.11 Å². The van der Waals surface area contributed by atoms with Gasteiger partial charge in [0, 0.05) is 28.9 Å². The summed E-state index contributed by atoms with van der Waals surface area (Å²) in [4.78, 5) is 0. The molecule has 0 aliphatic carbocycles. The molecule has 0 aromatic carbocycles. The largest absolute Gasteiger partial charge is 0.378 e. The first kappa shape index (κ1) is 8.65. The van der Waals surface area contributed by atoms with E-state index in [4.69, 9.17) is 5.11 Å². The molecule has 0 fully saturated rings. The van der Waals surface area contributed by atoms with Crippen molar-refractivity contribution in [1.29, 1.82) is 0 Å². The van der Waals surface area contributed by atoms with Gasteiger partial charge in [-0.15, -0.1) is 0 Å². The maximum Gasteiger partial charge on any atom is 0.113 e. The summed E-state index contributed by atoms with van der Waals surface area (Å²) in [6.45, 7) is 5.84. The zero-order valence-electron chi connectivity index (χ0n) is 5.43. The molecule has 0 radical (unpaired) electrons. The Morgan fingerprint density at radius 2 is 1.75 bits per heavy atom. The summed E-state index contributed by atoms with van der Waals surface area (Å²) in [7, 11) is 0. The zero-order valence-corrected chi connectivity index (χ0v) is 7.58. The minimum absolute atomic E-state index is 0.337. The molecular weight excluding hydrogens is 217 g/mol. The Balaban J connectivity index is 3.46. The predicted molar refractivity (Wildman–Crippen MR) is 42.7 cm³/mol. The Bertz CT molecular complexity index is 57.4. The number of rotatable bonds is 2. The molecule has 0 aliphatic heterocycles. The van der Waals surface area contributed by atoms with Gasteiger partial charge in [0.1, 0.15) is 6.23 Å². The second-order valence-corrected chi connectivity index (χ2v) is 3.18. The van der Waals surface area contributed by atoms with Crippen molar-refractivity contribution in [3.8, 4) is 0 Å². The Morgan fingerprint density at radius 3 is 1.75 bits per heavy atom. The van der Waals surface area contributed by atoms with Crippen LogP contribution in [0.4, 0.5) is 0 Å². The minimum atomic E-state index is -0.337. The maximum absolute atomic E-state index is 8.91. The van der Waals surface area contributed by atoms with E-state index < -0.39 is 0 Å². The number of aliphatic hydroxyl groups excluding tert-OH is 1. The van der Waals surface area contributed by atoms with E-state index in [0.29, 0.717) is 6.04 Å². The molecule has 0 aromatic heterocycles. The normalized spacial score (nSPS) is 15.4. The topological polar surface area (TPSA) is 23.5 Å². The van der Waals surface area contributed by atoms with Crippen molar-refractivity contribution in [3.05, 3.63) is 0 Å². The van der Waals surface area contributed by atoms with Gasteiger partial charge in [-0.2, -0.15) is 0 Å². The molecule has 0 aromatic rings. The molecule has 3 heteroatoms. The molecule has 0 spiro atoms. The van der Waals surface area contributed by atoms with E-state index in [1.807, 2.05) is 17.0 Å². The van der Waals surface area contributed by atoms with E-state index in [2.05, 4.69) is 22.9 Å². The second kappa shape index (κ2) is 3.63. The van der Waals surface area contributed by atoms with E-state index >= 15 is 0 Å². The first-order valence-electron chi connectivity index (χ1n) is 2.68. The molecule has 0 saturated carbocycles. The molecular formula is C5H12INO. The highest BCUT2D eigenvalue weighted by Gasteiger charge is 2.08. The number of halogens is 1. The first-order chi connectivity index (χ1) is 3.55. The van der Waals surface area contributed by atoms with Crippen LogP contribution in [0.5, 0.6) is 0 Å². The predicted octanol–water partition coefficient (Wildman–Crippen LogP) is 1.39. The van der Waals surface area contributed by atoms with Crippen LogP contribution in [0.2, 0.25) is 0 Å². The van der Waals surface area contributed by atoms with Crippen LogP contribution >= 0.6 is 22.9 Å². The quantitative estimate of drug-likeness (QED) is 0.439. The zero-order chi connectivity index (χ0) is 6.73. The average molecular weight is 229 g/mol. The molecule has 8 heavy (non-hydrogen) atoms. The van der Waals surface area contributed by atoms with Crippen LogP contribution in [0.15, 0.2) is 0 Å². The van der Waals surface area contributed by atoms with Crippen molar-refractivity contribution in [2.75, 3.05) is 0 Å². The lowest BCUT2D eigenvalue weighted by molar-refractivity contribution is 0.0852. The summed E-state index contributed by atoms with van der Waals surface area (Å²) in [5, 5.41) is 8.91. The SMILES string of the molecule is CC(C)N(I)[C@@H](C)O. The number of aliphatic hydroxyl groups is 1. The lowest BCUT2D eigenvalue weighted by Crippen LogP contribution is -2.28. The van der Waals surface area contributed by atoms with E-state index in [1.54, 1.807) is 6.92 Å². The highest BCUT2D eigenvalue weighted by atomic mass is 127. The summed E-state index contributed by atoms with van der Waals surface area (Å²) in [5.41, 5.74) is 0. The van der Waals surface area contributed by atoms with Crippen LogP contribution in [-0.4, -0.2) is 20.5 Å². The van der Waals surface area contributed by atoms with Crippen LogP contribution in [-0.2, 0) is 0 Å². The Morgan fingerprint density at radius 1 is 1.38 bits per heavy atom. The van der Waals surface area contributed by atoms with Gasteiger partial charge in [0.15, 0.2) is 0 Å². The number of nitrogens with zero attached hydrogens (tertiary/aromatic N) is 1. The Labute approximate surface area is 64.4 Å². The molecule has 1 atom stereocenters. The molecule has 0 saturated heterocycles. The molecule has 0 aliphatic rings. The van der Waals surface area contributed by atoms with E-state index in [9.17, 15) is 0 Å². The molecule has 1 N–H and O–H groups in total. The Kier molecular flexibility index (Phi) is 3.93. The van der Waals surface area contributed by atoms with Crippen molar-refractivity contribution < 1.29 is 5.11 Å². The highest BCUT2D eigenvalue weighted by Crippen LogP contribution is 2.08. The monoisotopic (exact) mass is 229 g/mol. The van der Waals surface area contributed by atoms with Crippen LogP contribution in [0.3, 0.4) is 0 Å². The molecule has 0 rings (SSSR count). The van der Waals surface area contributed by atoms with Gasteiger partial charge in [0.25, 0.3) is 0 Å². The summed E-state index contributed by atoms with van der Waals surface area (Å²) < 4.78 is 1.86. The fourth-order valence-corrected chi connectivity index (χ4v) is 0.431. The van der Waals surface area contributed by atoms with Crippen molar-refractivity contribution in [2.24, 2.45) is 0 Å². The third-order valence-corrected chi connectivity index (χ3v) is 2.77. The first-order valence-corrected chi connectivity index (χ1v) is 3.64. The summed E-state index contributed by atoms with van der Waals surface area (Å²) in [5.74, 6) is 0. The third kappa shape index (κ3) is 2.84. The summed E-state index contributed by atoms with van der Waals surface area (Å²) in [6, 6.07) is 0.413. The van der Waals surface area contributed by atoms with Gasteiger partial charge in [-0.05, 0) is 20.8 Å². The molecule has 2 nitrogen and oxygen atoms in total. The van der Waals surface area contributed by atoms with E-state index in [1.165, 1.54) is 0 Å². The van der Waals surface area contributed by atoms with Crippen molar-refractivity contribution in [2.45, 2.75) is 33.0 Å². The van der Waals surface area contributed by atoms with Crippen molar-refractivity contribution >= 4 is 22.9 Å². The van der Waals surface area contributed by atoms with Gasteiger partial charge < -0.3 is 5.11 Å². The van der Waals surface area contributed by atoms with Gasteiger partial charge in [0.05, 0.1) is 0 Å². The second-order valence-electron chi connectivity index (χ2n) is 2.07. The molecule has 50 valence electrons. The highest BCUT2D eigenvalue weighted by molar-refractivity contribution is 14.1. The van der Waals surface area contributed by atoms with Crippen molar-refractivity contribution in [3.63, 3.8) is 0 Å². The minimum Gasteiger partial charge on any atom is -0.378 e. The fraction of sp³-hybridized carbons (Fsp3) is 1.00. The summed E-state index contributed by atoms with van der Waals surface area (Å²) >= 11 is 2.10. The summed E-state index contributed by atoms with van der Waals surface area (Å²) in [6.07, 6.45) is -0.337. The number of hydrogen-bond acceptors (Lipinski definition) is 2. The lowest BCUT2D eigenvalue weighted by Gasteiger charge is -2.20. The molecule has 0 amide bonds. The third-order valence-electron chi connectivity index (χ3n) is 0.850. The van der Waals surface area contributed by atoms with Gasteiger partial charge >= 0.3 is 0 Å². The molecule has 0 unspecified atom stereocenters. The average Bonchev–Trinajstić information content (AvgIpc) is 1.64. The number of hydrogen-bond donors (Lipinski definition) is 1. The van der Waals surface area contributed by atoms with E-state index in [-0.39, 0.29) is 6.23 Å². The van der Waals surface area contributed by atoms with Crippen LogP contribution in [0.1, 0.15) is 20.8 Å². The van der Waals surface area contributed by atoms with Crippen LogP contribution in [0.25, 0.3) is 0 Å². The van der Waals surface area contributed by atoms with Gasteiger partial charge in [-0.1, -0.05) is 0 Å². The molecule has 0 bridgehead atoms. The van der Waals surface area contributed by atoms with Gasteiger partial charge in [-0.3, -0.25) is 0 Å². The Hall–Kier alpha value is 0.650. The smallest absolute Gasteiger partial charge is 0.113 e. The molecule has 0 heterocycles. The van der Waals surface area contributed by atoms with Crippen molar-refractivity contribution in [1.82, 2.24) is 3.11 Å². The van der Waals surface area contributed by atoms with Gasteiger partial charge in [0.2, 0.25) is 0 Å².